The lowest BCUT2D eigenvalue weighted by atomic mass is 10.2. The standard InChI is InChI=1S/C6H9NO2/c1-5(8)2-6-3-9-4-7-6/h3-5,8H,2H2,1H3. The number of nitrogens with zero attached hydrogens (tertiary/aromatic N) is 1. The van der Waals surface area contributed by atoms with E-state index in [0.717, 1.165) is 5.69 Å². The van der Waals surface area contributed by atoms with Crippen molar-refractivity contribution in [2.45, 2.75) is 19.4 Å². The molecular weight excluding hydrogens is 118 g/mol. The highest BCUT2D eigenvalue weighted by Crippen LogP contribution is 1.98. The lowest BCUT2D eigenvalue weighted by Crippen LogP contribution is -2.03. The van der Waals surface area contributed by atoms with Gasteiger partial charge >= 0.3 is 0 Å². The van der Waals surface area contributed by atoms with E-state index in [2.05, 4.69) is 4.98 Å². The Labute approximate surface area is 53.3 Å². The number of oxazole rings is 1. The second kappa shape index (κ2) is 2.64. The van der Waals surface area contributed by atoms with E-state index in [1.165, 1.54) is 12.7 Å². The molecular formula is C6H9NO2. The van der Waals surface area contributed by atoms with Gasteiger partial charge in [-0.3, -0.25) is 0 Å². The average molecular weight is 127 g/mol. The third-order valence-corrected chi connectivity index (χ3v) is 0.988. The minimum Gasteiger partial charge on any atom is -0.451 e. The summed E-state index contributed by atoms with van der Waals surface area (Å²) < 4.78 is 4.69. The molecule has 1 aromatic heterocycles. The molecule has 1 rings (SSSR count). The first-order chi connectivity index (χ1) is 4.29. The van der Waals surface area contributed by atoms with Crippen molar-refractivity contribution >= 4 is 0 Å². The first-order valence-electron chi connectivity index (χ1n) is 2.84. The van der Waals surface area contributed by atoms with Crippen LogP contribution in [0, 0.1) is 0 Å². The van der Waals surface area contributed by atoms with Crippen LogP contribution in [0.1, 0.15) is 12.6 Å². The molecule has 1 heterocycles. The second-order valence-corrected chi connectivity index (χ2v) is 2.03. The maximum atomic E-state index is 8.84. The number of aromatic nitrogens is 1. The summed E-state index contributed by atoms with van der Waals surface area (Å²) in [6.45, 7) is 1.72. The van der Waals surface area contributed by atoms with Crippen molar-refractivity contribution in [2.24, 2.45) is 0 Å². The Morgan fingerprint density at radius 1 is 1.89 bits per heavy atom. The highest BCUT2D eigenvalue weighted by Gasteiger charge is 1.99. The number of hydrogen-bond acceptors (Lipinski definition) is 3. The molecule has 1 atom stereocenters. The van der Waals surface area contributed by atoms with Crippen molar-refractivity contribution in [3.63, 3.8) is 0 Å². The lowest BCUT2D eigenvalue weighted by Gasteiger charge is -1.96. The molecule has 0 bridgehead atoms. The molecule has 0 saturated heterocycles. The highest BCUT2D eigenvalue weighted by molar-refractivity contribution is 4.91. The van der Waals surface area contributed by atoms with Gasteiger partial charge in [0.05, 0.1) is 11.8 Å². The van der Waals surface area contributed by atoms with E-state index >= 15 is 0 Å². The Bertz CT molecular complexity index is 158. The van der Waals surface area contributed by atoms with Gasteiger partial charge in [-0.15, -0.1) is 0 Å². The maximum absolute atomic E-state index is 8.84. The van der Waals surface area contributed by atoms with E-state index in [1.807, 2.05) is 0 Å². The van der Waals surface area contributed by atoms with Gasteiger partial charge in [0.25, 0.3) is 0 Å². The van der Waals surface area contributed by atoms with E-state index < -0.39 is 0 Å². The zero-order valence-electron chi connectivity index (χ0n) is 5.24. The fourth-order valence-electron chi connectivity index (χ4n) is 0.641. The summed E-state index contributed by atoms with van der Waals surface area (Å²) in [5, 5.41) is 8.84. The molecule has 0 saturated carbocycles. The molecule has 0 aliphatic heterocycles. The Kier molecular flexibility index (Phi) is 1.85. The summed E-state index contributed by atoms with van der Waals surface area (Å²) >= 11 is 0. The normalized spacial score (nSPS) is 13.6. The topological polar surface area (TPSA) is 46.3 Å². The third kappa shape index (κ3) is 1.85. The van der Waals surface area contributed by atoms with Crippen LogP contribution in [0.3, 0.4) is 0 Å². The first kappa shape index (κ1) is 6.29. The van der Waals surface area contributed by atoms with Gasteiger partial charge in [-0.1, -0.05) is 0 Å². The van der Waals surface area contributed by atoms with Crippen LogP contribution in [0.25, 0.3) is 0 Å². The maximum Gasteiger partial charge on any atom is 0.180 e. The molecule has 0 aromatic carbocycles. The van der Waals surface area contributed by atoms with Gasteiger partial charge in [0.15, 0.2) is 6.39 Å². The van der Waals surface area contributed by atoms with Crippen LogP contribution in [0.15, 0.2) is 17.1 Å². The molecule has 9 heavy (non-hydrogen) atoms. The van der Waals surface area contributed by atoms with E-state index in [9.17, 15) is 0 Å². The Morgan fingerprint density at radius 2 is 2.67 bits per heavy atom. The molecule has 50 valence electrons. The number of aliphatic hydroxyl groups is 1. The zero-order chi connectivity index (χ0) is 6.69. The summed E-state index contributed by atoms with van der Waals surface area (Å²) in [5.41, 5.74) is 0.796. The van der Waals surface area contributed by atoms with Crippen LogP contribution in [0.2, 0.25) is 0 Å². The molecule has 0 aliphatic rings. The summed E-state index contributed by atoms with van der Waals surface area (Å²) in [7, 11) is 0. The van der Waals surface area contributed by atoms with Crippen molar-refractivity contribution in [3.8, 4) is 0 Å². The molecule has 0 spiro atoms. The quantitative estimate of drug-likeness (QED) is 0.632. The van der Waals surface area contributed by atoms with Crippen LogP contribution in [-0.2, 0) is 6.42 Å². The number of rotatable bonds is 2. The van der Waals surface area contributed by atoms with E-state index in [-0.39, 0.29) is 6.10 Å². The van der Waals surface area contributed by atoms with Crippen LogP contribution < -0.4 is 0 Å². The highest BCUT2D eigenvalue weighted by atomic mass is 16.3. The van der Waals surface area contributed by atoms with Gasteiger partial charge in [0, 0.05) is 6.42 Å². The predicted molar refractivity (Wildman–Crippen MR) is 31.9 cm³/mol. The average Bonchev–Trinajstić information content (AvgIpc) is 2.15. The van der Waals surface area contributed by atoms with Crippen molar-refractivity contribution < 1.29 is 9.52 Å². The van der Waals surface area contributed by atoms with E-state index in [4.69, 9.17) is 9.52 Å². The molecule has 0 radical (unpaired) electrons. The largest absolute Gasteiger partial charge is 0.451 e. The van der Waals surface area contributed by atoms with Crippen molar-refractivity contribution in [1.29, 1.82) is 0 Å². The van der Waals surface area contributed by atoms with Gasteiger partial charge in [0.1, 0.15) is 6.26 Å². The van der Waals surface area contributed by atoms with Gasteiger partial charge in [-0.05, 0) is 6.92 Å². The molecule has 0 amide bonds. The zero-order valence-corrected chi connectivity index (χ0v) is 5.24. The summed E-state index contributed by atoms with van der Waals surface area (Å²) in [6, 6.07) is 0. The Balaban J connectivity index is 2.48. The second-order valence-electron chi connectivity index (χ2n) is 2.03. The molecule has 1 unspecified atom stereocenters. The smallest absolute Gasteiger partial charge is 0.180 e. The van der Waals surface area contributed by atoms with Crippen LogP contribution in [-0.4, -0.2) is 16.2 Å². The van der Waals surface area contributed by atoms with Crippen LogP contribution >= 0.6 is 0 Å². The van der Waals surface area contributed by atoms with Crippen LogP contribution in [0.5, 0.6) is 0 Å². The molecule has 3 nitrogen and oxygen atoms in total. The molecule has 1 N–H and O–H groups in total. The number of aliphatic hydroxyl groups excluding tert-OH is 1. The number of hydrogen-bond donors (Lipinski definition) is 1. The van der Waals surface area contributed by atoms with Gasteiger partial charge < -0.3 is 9.52 Å². The van der Waals surface area contributed by atoms with Crippen molar-refractivity contribution in [1.82, 2.24) is 4.98 Å². The Hall–Kier alpha value is -0.830. The lowest BCUT2D eigenvalue weighted by molar-refractivity contribution is 0.194. The van der Waals surface area contributed by atoms with E-state index in [1.54, 1.807) is 6.92 Å². The van der Waals surface area contributed by atoms with Gasteiger partial charge in [-0.2, -0.15) is 0 Å². The summed E-state index contributed by atoms with van der Waals surface area (Å²) in [6.07, 6.45) is 3.12. The summed E-state index contributed by atoms with van der Waals surface area (Å²) in [5.74, 6) is 0. The van der Waals surface area contributed by atoms with Crippen molar-refractivity contribution in [3.05, 3.63) is 18.4 Å². The molecule has 3 heteroatoms. The van der Waals surface area contributed by atoms with Crippen LogP contribution in [0.4, 0.5) is 0 Å². The monoisotopic (exact) mass is 127 g/mol. The third-order valence-electron chi connectivity index (χ3n) is 0.988. The first-order valence-corrected chi connectivity index (χ1v) is 2.84. The molecule has 1 aromatic rings. The summed E-state index contributed by atoms with van der Waals surface area (Å²) in [4.78, 5) is 3.83. The fourth-order valence-corrected chi connectivity index (χ4v) is 0.641. The minimum atomic E-state index is -0.338. The Morgan fingerprint density at radius 3 is 3.11 bits per heavy atom. The van der Waals surface area contributed by atoms with Crippen molar-refractivity contribution in [2.75, 3.05) is 0 Å². The minimum absolute atomic E-state index is 0.338. The molecule has 0 aliphatic carbocycles. The fraction of sp³-hybridized carbons (Fsp3) is 0.500. The SMILES string of the molecule is CC(O)Cc1cocn1. The predicted octanol–water partition coefficient (Wildman–Crippen LogP) is 0.598. The van der Waals surface area contributed by atoms with Gasteiger partial charge in [-0.25, -0.2) is 4.98 Å². The molecule has 0 fully saturated rings. The van der Waals surface area contributed by atoms with Gasteiger partial charge in [0.2, 0.25) is 0 Å². The van der Waals surface area contributed by atoms with E-state index in [0.29, 0.717) is 6.42 Å².